The molecule has 20 heteroatoms. The first-order valence-corrected chi connectivity index (χ1v) is 23.6. The number of hydrogen-bond donors (Lipinski definition) is 4. The smallest absolute Gasteiger partial charge is 0.417 e. The van der Waals surface area contributed by atoms with Crippen LogP contribution in [-0.2, 0) is 25.4 Å². The van der Waals surface area contributed by atoms with Gasteiger partial charge in [0.15, 0.2) is 11.5 Å². The van der Waals surface area contributed by atoms with Gasteiger partial charge in [-0.2, -0.15) is 13.2 Å². The number of nitrogens with zero attached hydrogens (tertiary/aromatic N) is 4. The Morgan fingerprint density at radius 2 is 1.60 bits per heavy atom. The summed E-state index contributed by atoms with van der Waals surface area (Å²) in [7, 11) is 1.76. The van der Waals surface area contributed by atoms with Gasteiger partial charge < -0.3 is 40.6 Å². The fraction of sp³-hybridized carbons (Fsp3) is 0.480. The summed E-state index contributed by atoms with van der Waals surface area (Å²) in [6.07, 6.45) is 12.1. The van der Waals surface area contributed by atoms with Crippen molar-refractivity contribution in [3.8, 4) is 17.4 Å². The maximum atomic E-state index is 14.0. The molecule has 2 saturated carbocycles. The van der Waals surface area contributed by atoms with E-state index in [9.17, 15) is 46.3 Å². The van der Waals surface area contributed by atoms with Crippen LogP contribution in [-0.4, -0.2) is 94.1 Å². The fourth-order valence-corrected chi connectivity index (χ4v) is 9.15. The molecule has 70 heavy (non-hydrogen) atoms. The number of rotatable bonds is 12. The van der Waals surface area contributed by atoms with E-state index in [1.54, 1.807) is 24.3 Å². The van der Waals surface area contributed by atoms with E-state index in [1.807, 2.05) is 23.1 Å². The second kappa shape index (κ2) is 24.6. The molecule has 0 radical (unpaired) electrons. The van der Waals surface area contributed by atoms with E-state index in [0.29, 0.717) is 43.6 Å². The summed E-state index contributed by atoms with van der Waals surface area (Å²) in [5, 5.41) is 5.21. The van der Waals surface area contributed by atoms with Crippen molar-refractivity contribution in [1.82, 2.24) is 30.1 Å². The number of hydrogen-bond acceptors (Lipinski definition) is 10. The summed E-state index contributed by atoms with van der Waals surface area (Å²) in [5.41, 5.74) is 3.42. The van der Waals surface area contributed by atoms with Crippen molar-refractivity contribution in [1.29, 1.82) is 0 Å². The molecule has 1 atom stereocenters. The Labute approximate surface area is 403 Å². The average molecular weight is 977 g/mol. The molecule has 3 aromatic heterocycles. The molecule has 5 N–H and O–H groups in total. The van der Waals surface area contributed by atoms with Gasteiger partial charge in [-0.05, 0) is 99.6 Å². The topological polar surface area (TPSA) is 219 Å². The quantitative estimate of drug-likeness (QED) is 0.0822. The van der Waals surface area contributed by atoms with Crippen LogP contribution in [0.3, 0.4) is 0 Å². The highest BCUT2D eigenvalue weighted by atomic mass is 19.4. The summed E-state index contributed by atoms with van der Waals surface area (Å²) < 4.78 is 65.5. The lowest BCUT2D eigenvalue weighted by molar-refractivity contribution is -0.139. The standard InChI is InChI=1S/C28H28F4N4O5.C17H27N3O3.C5H5N/c29-19-7-8-22(23(14-19)40-12-4-10-34-25(38)17-5-2-1-3-6-17)41-27-21(13-18(16-35-27)28(30,31)32)26(39)36-20-9-11-33-24(37)15-20;1-19-11-13(10-14(19)21)16(23)20-8-6-17(7-9-20)4-2-12(3-5-17)15(18)22;1-2-4-6-5-3-1/h7-9,11,13-17H,1-6,10,12H2,(H,34,38)(H2,33,36,37,39);12-13H,2-11H2,1H3,(H2,18,22);1-5H. The van der Waals surface area contributed by atoms with Crippen LogP contribution in [0, 0.1) is 29.0 Å². The minimum absolute atomic E-state index is 0.00114. The molecular formula is C50H60F4N8O8. The number of aromatic nitrogens is 3. The van der Waals surface area contributed by atoms with Gasteiger partial charge in [-0.1, -0.05) is 25.3 Å². The molecule has 4 aliphatic rings. The first kappa shape index (κ1) is 52.5. The number of piperidine rings is 1. The molecule has 1 unspecified atom stereocenters. The van der Waals surface area contributed by atoms with E-state index < -0.39 is 40.5 Å². The van der Waals surface area contributed by atoms with E-state index >= 15 is 0 Å². The Kier molecular flexibility index (Phi) is 18.5. The normalized spacial score (nSPS) is 18.1. The number of H-pyrrole nitrogens is 1. The third kappa shape index (κ3) is 15.1. The van der Waals surface area contributed by atoms with Gasteiger partial charge in [0.1, 0.15) is 11.4 Å². The molecule has 1 spiro atoms. The van der Waals surface area contributed by atoms with E-state index in [4.69, 9.17) is 15.2 Å². The van der Waals surface area contributed by atoms with E-state index in [2.05, 4.69) is 25.6 Å². The number of nitrogens with one attached hydrogen (secondary N) is 3. The summed E-state index contributed by atoms with van der Waals surface area (Å²) in [4.78, 5) is 85.7. The van der Waals surface area contributed by atoms with E-state index in [0.717, 1.165) is 102 Å². The van der Waals surface area contributed by atoms with Crippen LogP contribution in [0.2, 0.25) is 0 Å². The Morgan fingerprint density at radius 3 is 2.20 bits per heavy atom. The minimum Gasteiger partial charge on any atom is -0.489 e. The van der Waals surface area contributed by atoms with Crippen molar-refractivity contribution < 1.29 is 51.0 Å². The number of amides is 5. The van der Waals surface area contributed by atoms with Gasteiger partial charge >= 0.3 is 6.18 Å². The van der Waals surface area contributed by atoms with Gasteiger partial charge in [0.05, 0.1) is 18.1 Å². The van der Waals surface area contributed by atoms with Crippen LogP contribution in [0.1, 0.15) is 99.4 Å². The van der Waals surface area contributed by atoms with Gasteiger partial charge in [-0.15, -0.1) is 0 Å². The Bertz CT molecular complexity index is 2440. The molecule has 2 aliphatic heterocycles. The Morgan fingerprint density at radius 1 is 0.886 bits per heavy atom. The van der Waals surface area contributed by atoms with Gasteiger partial charge in [-0.3, -0.25) is 33.8 Å². The molecule has 2 saturated heterocycles. The number of alkyl halides is 3. The molecule has 4 fully saturated rings. The Balaban J connectivity index is 0.000000230. The number of nitrogens with two attached hydrogens (primary N) is 1. The predicted molar refractivity (Wildman–Crippen MR) is 250 cm³/mol. The Hall–Kier alpha value is -6.86. The van der Waals surface area contributed by atoms with Crippen molar-refractivity contribution in [3.05, 3.63) is 107 Å². The largest absolute Gasteiger partial charge is 0.489 e. The number of ether oxygens (including phenoxy) is 2. The molecule has 5 amide bonds. The van der Waals surface area contributed by atoms with Crippen LogP contribution < -0.4 is 31.4 Å². The van der Waals surface area contributed by atoms with E-state index in [1.165, 1.54) is 18.3 Å². The molecule has 376 valence electrons. The predicted octanol–water partition coefficient (Wildman–Crippen LogP) is 7.27. The van der Waals surface area contributed by atoms with Gasteiger partial charge in [0, 0.05) is 94.1 Å². The highest BCUT2D eigenvalue weighted by molar-refractivity contribution is 6.06. The van der Waals surface area contributed by atoms with Crippen LogP contribution in [0.25, 0.3) is 0 Å². The van der Waals surface area contributed by atoms with Gasteiger partial charge in [0.2, 0.25) is 35.1 Å². The van der Waals surface area contributed by atoms with Crippen LogP contribution in [0.15, 0.2) is 84.2 Å². The highest BCUT2D eigenvalue weighted by Crippen LogP contribution is 2.46. The summed E-state index contributed by atoms with van der Waals surface area (Å²) in [6, 6.07) is 11.9. The minimum atomic E-state index is -4.80. The van der Waals surface area contributed by atoms with E-state index in [-0.39, 0.29) is 65.2 Å². The number of halogens is 4. The number of anilines is 1. The number of pyridine rings is 3. The molecule has 2 aliphatic carbocycles. The average Bonchev–Trinajstić information content (AvgIpc) is 3.70. The molecule has 16 nitrogen and oxygen atoms in total. The summed E-state index contributed by atoms with van der Waals surface area (Å²) in [5.74, 6) is -2.43. The molecule has 4 aromatic rings. The van der Waals surface area contributed by atoms with Crippen molar-refractivity contribution in [2.24, 2.45) is 28.9 Å². The maximum Gasteiger partial charge on any atom is 0.417 e. The number of carbonyl (C=O) groups excluding carboxylic acids is 5. The van der Waals surface area contributed by atoms with Gasteiger partial charge in [-0.25, -0.2) is 9.37 Å². The molecule has 5 heterocycles. The van der Waals surface area contributed by atoms with Crippen molar-refractivity contribution in [2.75, 3.05) is 45.2 Å². The third-order valence-electron chi connectivity index (χ3n) is 13.3. The zero-order valence-electron chi connectivity index (χ0n) is 39.1. The lowest BCUT2D eigenvalue weighted by Crippen LogP contribution is -2.47. The van der Waals surface area contributed by atoms with Crippen molar-refractivity contribution in [3.63, 3.8) is 0 Å². The summed E-state index contributed by atoms with van der Waals surface area (Å²) >= 11 is 0. The van der Waals surface area contributed by atoms with Crippen molar-refractivity contribution >= 4 is 35.2 Å². The lowest BCUT2D eigenvalue weighted by Gasteiger charge is -2.46. The lowest BCUT2D eigenvalue weighted by atomic mass is 9.65. The zero-order chi connectivity index (χ0) is 50.3. The molecule has 1 aromatic carbocycles. The first-order chi connectivity index (χ1) is 33.5. The van der Waals surface area contributed by atoms with Gasteiger partial charge in [0.25, 0.3) is 5.91 Å². The van der Waals surface area contributed by atoms with Crippen molar-refractivity contribution in [2.45, 2.75) is 89.6 Å². The maximum absolute atomic E-state index is 14.0. The number of aromatic amines is 1. The van der Waals surface area contributed by atoms with Crippen LogP contribution >= 0.6 is 0 Å². The SMILES string of the molecule is CN1CC(C(=O)N2CCC3(CCC(C(N)=O)CC3)CC2)CC1=O.O=C(Nc1cc[nH]c(=O)c1)c1cc(C(F)(F)F)cnc1Oc1ccc(F)cc1OCCCNC(=O)C1CCCCC1.c1ccncc1. The second-order valence-electron chi connectivity index (χ2n) is 18.2. The number of carbonyl (C=O) groups is 5. The second-order valence-corrected chi connectivity index (χ2v) is 18.2. The van der Waals surface area contributed by atoms with Crippen LogP contribution in [0.5, 0.6) is 17.4 Å². The first-order valence-electron chi connectivity index (χ1n) is 23.6. The monoisotopic (exact) mass is 976 g/mol. The third-order valence-corrected chi connectivity index (χ3v) is 13.3. The fourth-order valence-electron chi connectivity index (χ4n) is 9.15. The molecule has 8 rings (SSSR count). The van der Waals surface area contributed by atoms with Crippen LogP contribution in [0.4, 0.5) is 23.2 Å². The molecular weight excluding hydrogens is 917 g/mol. The highest BCUT2D eigenvalue weighted by Gasteiger charge is 2.42. The number of primary amides is 1. The number of likely N-dealkylation sites (tertiary alicyclic amines) is 2. The zero-order valence-corrected chi connectivity index (χ0v) is 39.1. The number of benzene rings is 1. The summed E-state index contributed by atoms with van der Waals surface area (Å²) in [6.45, 7) is 2.54. The molecule has 0 bridgehead atoms.